The van der Waals surface area contributed by atoms with E-state index < -0.39 is 5.54 Å². The molecule has 0 aromatic rings. The summed E-state index contributed by atoms with van der Waals surface area (Å²) >= 11 is 0. The molecule has 3 N–H and O–H groups in total. The Hall–Kier alpha value is -0.610. The van der Waals surface area contributed by atoms with Crippen molar-refractivity contribution in [1.82, 2.24) is 10.2 Å². The van der Waals surface area contributed by atoms with Crippen molar-refractivity contribution in [2.24, 2.45) is 5.73 Å². The molecule has 0 heterocycles. The van der Waals surface area contributed by atoms with Gasteiger partial charge in [-0.3, -0.25) is 9.69 Å². The number of rotatable bonds is 10. The Kier molecular flexibility index (Phi) is 6.27. The summed E-state index contributed by atoms with van der Waals surface area (Å²) in [4.78, 5) is 14.3. The molecule has 4 heteroatoms. The van der Waals surface area contributed by atoms with Gasteiger partial charge in [-0.05, 0) is 52.6 Å². The van der Waals surface area contributed by atoms with Gasteiger partial charge in [-0.15, -0.1) is 0 Å². The van der Waals surface area contributed by atoms with Gasteiger partial charge in [-0.2, -0.15) is 0 Å². The summed E-state index contributed by atoms with van der Waals surface area (Å²) < 4.78 is 0. The second kappa shape index (κ2) is 7.25. The quantitative estimate of drug-likeness (QED) is 0.636. The van der Waals surface area contributed by atoms with Crippen LogP contribution < -0.4 is 11.1 Å². The number of carbonyl (C=O) groups excluding carboxylic acids is 1. The maximum Gasteiger partial charge on any atom is 0.237 e. The molecule has 1 aliphatic rings. The molecule has 0 aliphatic heterocycles. The molecule has 1 amide bonds. The second-order valence-electron chi connectivity index (χ2n) is 6.10. The van der Waals surface area contributed by atoms with E-state index in [1.807, 2.05) is 13.8 Å². The molecule has 2 atom stereocenters. The van der Waals surface area contributed by atoms with Gasteiger partial charge in [-0.1, -0.05) is 20.3 Å². The smallest absolute Gasteiger partial charge is 0.237 e. The van der Waals surface area contributed by atoms with Crippen LogP contribution in [-0.2, 0) is 4.79 Å². The predicted molar refractivity (Wildman–Crippen MR) is 80.0 cm³/mol. The van der Waals surface area contributed by atoms with Gasteiger partial charge in [0.1, 0.15) is 0 Å². The first-order valence-corrected chi connectivity index (χ1v) is 7.75. The van der Waals surface area contributed by atoms with E-state index in [0.717, 1.165) is 25.6 Å². The Labute approximate surface area is 118 Å². The number of likely N-dealkylation sites (N-methyl/N-ethyl adjacent to an activating group) is 1. The molecule has 1 aliphatic carbocycles. The fraction of sp³-hybridized carbons (Fsp3) is 0.933. The molecule has 0 bridgehead atoms. The van der Waals surface area contributed by atoms with Crippen molar-refractivity contribution in [3.05, 3.63) is 0 Å². The van der Waals surface area contributed by atoms with E-state index in [4.69, 9.17) is 5.73 Å². The molecule has 4 nitrogen and oxygen atoms in total. The van der Waals surface area contributed by atoms with Gasteiger partial charge in [0, 0.05) is 12.1 Å². The summed E-state index contributed by atoms with van der Waals surface area (Å²) in [5, 5.41) is 3.26. The van der Waals surface area contributed by atoms with Crippen LogP contribution in [0.5, 0.6) is 0 Å². The number of amides is 1. The van der Waals surface area contributed by atoms with Crippen LogP contribution >= 0.6 is 0 Å². The Bertz CT molecular complexity index is 291. The average molecular weight is 269 g/mol. The molecule has 19 heavy (non-hydrogen) atoms. The minimum absolute atomic E-state index is 0.243. The third-order valence-corrected chi connectivity index (χ3v) is 4.17. The molecular formula is C15H31N3O. The summed E-state index contributed by atoms with van der Waals surface area (Å²) in [6.07, 6.45) is 5.85. The summed E-state index contributed by atoms with van der Waals surface area (Å²) in [7, 11) is 0. The van der Waals surface area contributed by atoms with Crippen molar-refractivity contribution in [3.8, 4) is 0 Å². The third kappa shape index (κ3) is 4.77. The van der Waals surface area contributed by atoms with Gasteiger partial charge in [0.05, 0.1) is 5.54 Å². The topological polar surface area (TPSA) is 58.4 Å². The highest BCUT2D eigenvalue weighted by Crippen LogP contribution is 2.31. The first kappa shape index (κ1) is 16.4. The van der Waals surface area contributed by atoms with Crippen LogP contribution in [-0.4, -0.2) is 41.5 Å². The maximum atomic E-state index is 11.7. The van der Waals surface area contributed by atoms with E-state index in [-0.39, 0.29) is 5.91 Å². The number of hydrogen-bond donors (Lipinski definition) is 2. The van der Waals surface area contributed by atoms with Crippen LogP contribution in [0.15, 0.2) is 0 Å². The van der Waals surface area contributed by atoms with Crippen LogP contribution in [0.4, 0.5) is 0 Å². The van der Waals surface area contributed by atoms with Gasteiger partial charge in [0.25, 0.3) is 0 Å². The summed E-state index contributed by atoms with van der Waals surface area (Å²) in [5.41, 5.74) is 4.99. The Morgan fingerprint density at radius 1 is 1.47 bits per heavy atom. The Morgan fingerprint density at radius 3 is 2.53 bits per heavy atom. The summed E-state index contributed by atoms with van der Waals surface area (Å²) in [6.45, 7) is 10.3. The molecule has 0 saturated heterocycles. The molecule has 2 unspecified atom stereocenters. The fourth-order valence-electron chi connectivity index (χ4n) is 2.87. The highest BCUT2D eigenvalue weighted by atomic mass is 16.1. The van der Waals surface area contributed by atoms with E-state index in [1.54, 1.807) is 0 Å². The van der Waals surface area contributed by atoms with Crippen molar-refractivity contribution in [2.75, 3.05) is 13.1 Å². The van der Waals surface area contributed by atoms with E-state index in [9.17, 15) is 4.79 Å². The normalized spacial score (nSPS) is 20.3. The van der Waals surface area contributed by atoms with Crippen LogP contribution in [0.1, 0.15) is 59.8 Å². The molecule has 0 spiro atoms. The SMILES string of the molecule is CCCCN(C(C)CC(C)(NCC)C(N)=O)C1CC1. The predicted octanol–water partition coefficient (Wildman–Crippen LogP) is 1.88. The number of carbonyl (C=O) groups is 1. The van der Waals surface area contributed by atoms with Crippen LogP contribution in [0.3, 0.4) is 0 Å². The average Bonchev–Trinajstić information content (AvgIpc) is 3.14. The number of hydrogen-bond acceptors (Lipinski definition) is 3. The van der Waals surface area contributed by atoms with Crippen molar-refractivity contribution >= 4 is 5.91 Å². The van der Waals surface area contributed by atoms with E-state index >= 15 is 0 Å². The summed E-state index contributed by atoms with van der Waals surface area (Å²) in [6, 6.07) is 1.14. The Morgan fingerprint density at radius 2 is 2.11 bits per heavy atom. The first-order valence-electron chi connectivity index (χ1n) is 7.75. The zero-order valence-electron chi connectivity index (χ0n) is 13.0. The lowest BCUT2D eigenvalue weighted by atomic mass is 9.91. The minimum Gasteiger partial charge on any atom is -0.368 e. The van der Waals surface area contributed by atoms with Crippen molar-refractivity contribution in [1.29, 1.82) is 0 Å². The van der Waals surface area contributed by atoms with Crippen LogP contribution in [0.25, 0.3) is 0 Å². The Balaban J connectivity index is 2.62. The lowest BCUT2D eigenvalue weighted by molar-refractivity contribution is -0.124. The molecule has 0 aromatic carbocycles. The lowest BCUT2D eigenvalue weighted by Crippen LogP contribution is -2.56. The number of nitrogens with two attached hydrogens (primary N) is 1. The number of unbranched alkanes of at least 4 members (excludes halogenated alkanes) is 1. The van der Waals surface area contributed by atoms with Gasteiger partial charge < -0.3 is 11.1 Å². The molecule has 1 rings (SSSR count). The van der Waals surface area contributed by atoms with Gasteiger partial charge >= 0.3 is 0 Å². The van der Waals surface area contributed by atoms with Gasteiger partial charge in [0.2, 0.25) is 5.91 Å². The molecule has 112 valence electrons. The largest absolute Gasteiger partial charge is 0.368 e. The molecule has 1 saturated carbocycles. The zero-order chi connectivity index (χ0) is 14.5. The van der Waals surface area contributed by atoms with Crippen LogP contribution in [0, 0.1) is 0 Å². The third-order valence-electron chi connectivity index (χ3n) is 4.17. The van der Waals surface area contributed by atoms with Gasteiger partial charge in [-0.25, -0.2) is 0 Å². The molecular weight excluding hydrogens is 238 g/mol. The highest BCUT2D eigenvalue weighted by Gasteiger charge is 2.37. The zero-order valence-corrected chi connectivity index (χ0v) is 13.0. The van der Waals surface area contributed by atoms with Gasteiger partial charge in [0.15, 0.2) is 0 Å². The first-order chi connectivity index (χ1) is 8.94. The number of nitrogens with one attached hydrogen (secondary N) is 1. The van der Waals surface area contributed by atoms with Crippen molar-refractivity contribution in [2.45, 2.75) is 77.4 Å². The number of primary amides is 1. The fourth-order valence-corrected chi connectivity index (χ4v) is 2.87. The molecule has 1 fully saturated rings. The lowest BCUT2D eigenvalue weighted by Gasteiger charge is -2.36. The second-order valence-corrected chi connectivity index (χ2v) is 6.10. The molecule has 0 radical (unpaired) electrons. The minimum atomic E-state index is -0.590. The monoisotopic (exact) mass is 269 g/mol. The van der Waals surface area contributed by atoms with Crippen molar-refractivity contribution in [3.63, 3.8) is 0 Å². The van der Waals surface area contributed by atoms with E-state index in [1.165, 1.54) is 25.7 Å². The van der Waals surface area contributed by atoms with Crippen molar-refractivity contribution < 1.29 is 4.79 Å². The molecule has 0 aromatic heterocycles. The standard InChI is InChI=1S/C15H31N3O/c1-5-7-10-18(13-8-9-13)12(3)11-15(4,14(16)19)17-6-2/h12-13,17H,5-11H2,1-4H3,(H2,16,19). The number of nitrogens with zero attached hydrogens (tertiary/aromatic N) is 1. The van der Waals surface area contributed by atoms with E-state index in [0.29, 0.717) is 6.04 Å². The van der Waals surface area contributed by atoms with Crippen LogP contribution in [0.2, 0.25) is 0 Å². The van der Waals surface area contributed by atoms with E-state index in [2.05, 4.69) is 24.1 Å². The summed E-state index contributed by atoms with van der Waals surface area (Å²) in [5.74, 6) is -0.243. The highest BCUT2D eigenvalue weighted by molar-refractivity contribution is 5.84. The maximum absolute atomic E-state index is 11.7.